The summed E-state index contributed by atoms with van der Waals surface area (Å²) in [4.78, 5) is 2.59. The Hall–Kier alpha value is -0.0800. The zero-order valence-corrected chi connectivity index (χ0v) is 9.34. The zero-order valence-electron chi connectivity index (χ0n) is 9.34. The van der Waals surface area contributed by atoms with Gasteiger partial charge in [0.25, 0.3) is 0 Å². The van der Waals surface area contributed by atoms with E-state index in [9.17, 15) is 0 Å². The Kier molecular flexibility index (Phi) is 3.74. The summed E-state index contributed by atoms with van der Waals surface area (Å²) in [5, 5.41) is 0. The lowest BCUT2D eigenvalue weighted by Crippen LogP contribution is -2.45. The number of piperidine rings is 1. The van der Waals surface area contributed by atoms with Crippen LogP contribution in [0.3, 0.4) is 0 Å². The first-order chi connectivity index (χ1) is 6.05. The molecular formula is C11H24N2. The van der Waals surface area contributed by atoms with Crippen molar-refractivity contribution >= 4 is 0 Å². The Bertz CT molecular complexity index is 154. The van der Waals surface area contributed by atoms with Crippen LogP contribution in [0.5, 0.6) is 0 Å². The summed E-state index contributed by atoms with van der Waals surface area (Å²) in [6, 6.07) is 0.671. The second-order valence-electron chi connectivity index (χ2n) is 5.16. The highest BCUT2D eigenvalue weighted by Gasteiger charge is 2.28. The molecule has 0 aromatic heterocycles. The number of nitrogens with zero attached hydrogens (tertiary/aromatic N) is 1. The van der Waals surface area contributed by atoms with Gasteiger partial charge in [0.15, 0.2) is 0 Å². The highest BCUT2D eigenvalue weighted by molar-refractivity contribution is 4.82. The summed E-state index contributed by atoms with van der Waals surface area (Å²) in [5.74, 6) is 0. The number of nitrogens with two attached hydrogens (primary N) is 1. The van der Waals surface area contributed by atoms with Crippen LogP contribution in [0.1, 0.15) is 40.0 Å². The summed E-state index contributed by atoms with van der Waals surface area (Å²) in [6.07, 6.45) is 3.86. The van der Waals surface area contributed by atoms with E-state index < -0.39 is 0 Å². The SMILES string of the molecule is CC(CCN)N1CCCC(C)(C)C1. The lowest BCUT2D eigenvalue weighted by Gasteiger charge is -2.41. The van der Waals surface area contributed by atoms with Crippen LogP contribution in [0, 0.1) is 5.41 Å². The van der Waals surface area contributed by atoms with Crippen LogP contribution in [-0.4, -0.2) is 30.6 Å². The molecule has 0 radical (unpaired) electrons. The highest BCUT2D eigenvalue weighted by atomic mass is 15.2. The third-order valence-corrected chi connectivity index (χ3v) is 3.14. The number of hydrogen-bond donors (Lipinski definition) is 1. The Morgan fingerprint density at radius 2 is 2.15 bits per heavy atom. The van der Waals surface area contributed by atoms with Crippen molar-refractivity contribution in [1.82, 2.24) is 4.90 Å². The van der Waals surface area contributed by atoms with Gasteiger partial charge in [-0.15, -0.1) is 0 Å². The van der Waals surface area contributed by atoms with Gasteiger partial charge in [-0.3, -0.25) is 0 Å². The van der Waals surface area contributed by atoms with Gasteiger partial charge in [-0.2, -0.15) is 0 Å². The van der Waals surface area contributed by atoms with E-state index in [2.05, 4.69) is 25.7 Å². The minimum absolute atomic E-state index is 0.515. The first-order valence-electron chi connectivity index (χ1n) is 5.49. The highest BCUT2D eigenvalue weighted by Crippen LogP contribution is 2.29. The van der Waals surface area contributed by atoms with Gasteiger partial charge in [-0.1, -0.05) is 13.8 Å². The summed E-state index contributed by atoms with van der Waals surface area (Å²) in [5.41, 5.74) is 6.09. The molecule has 2 nitrogen and oxygen atoms in total. The van der Waals surface area contributed by atoms with Gasteiger partial charge in [-0.05, 0) is 44.7 Å². The average molecular weight is 184 g/mol. The van der Waals surface area contributed by atoms with Crippen molar-refractivity contribution in [3.63, 3.8) is 0 Å². The van der Waals surface area contributed by atoms with Crippen molar-refractivity contribution in [3.8, 4) is 0 Å². The smallest absolute Gasteiger partial charge is 0.00791 e. The third kappa shape index (κ3) is 3.28. The van der Waals surface area contributed by atoms with E-state index >= 15 is 0 Å². The molecule has 13 heavy (non-hydrogen) atoms. The fourth-order valence-corrected chi connectivity index (χ4v) is 2.27. The zero-order chi connectivity index (χ0) is 9.90. The van der Waals surface area contributed by atoms with Crippen LogP contribution in [0.15, 0.2) is 0 Å². The van der Waals surface area contributed by atoms with E-state index in [1.165, 1.54) is 25.9 Å². The van der Waals surface area contributed by atoms with E-state index in [1.54, 1.807) is 0 Å². The van der Waals surface area contributed by atoms with Gasteiger partial charge in [0, 0.05) is 12.6 Å². The van der Waals surface area contributed by atoms with Crippen LogP contribution in [0.4, 0.5) is 0 Å². The molecule has 2 heteroatoms. The molecule has 1 heterocycles. The lowest BCUT2D eigenvalue weighted by atomic mass is 9.83. The van der Waals surface area contributed by atoms with Gasteiger partial charge >= 0.3 is 0 Å². The fraction of sp³-hybridized carbons (Fsp3) is 1.00. The molecule has 1 fully saturated rings. The van der Waals surface area contributed by atoms with Crippen LogP contribution in [-0.2, 0) is 0 Å². The third-order valence-electron chi connectivity index (χ3n) is 3.14. The molecular weight excluding hydrogens is 160 g/mol. The molecule has 1 aliphatic heterocycles. The fourth-order valence-electron chi connectivity index (χ4n) is 2.27. The largest absolute Gasteiger partial charge is 0.330 e. The topological polar surface area (TPSA) is 29.3 Å². The molecule has 2 N–H and O–H groups in total. The van der Waals surface area contributed by atoms with Gasteiger partial charge in [0.05, 0.1) is 0 Å². The van der Waals surface area contributed by atoms with E-state index in [0.29, 0.717) is 11.5 Å². The van der Waals surface area contributed by atoms with Gasteiger partial charge < -0.3 is 10.6 Å². The molecule has 78 valence electrons. The van der Waals surface area contributed by atoms with Gasteiger partial charge in [0.2, 0.25) is 0 Å². The quantitative estimate of drug-likeness (QED) is 0.725. The van der Waals surface area contributed by atoms with Crippen molar-refractivity contribution in [2.75, 3.05) is 19.6 Å². The van der Waals surface area contributed by atoms with Crippen molar-refractivity contribution < 1.29 is 0 Å². The molecule has 0 saturated carbocycles. The molecule has 0 spiro atoms. The molecule has 1 saturated heterocycles. The van der Waals surface area contributed by atoms with Gasteiger partial charge in [0.1, 0.15) is 0 Å². The minimum Gasteiger partial charge on any atom is -0.330 e. The molecule has 0 aromatic carbocycles. The summed E-state index contributed by atoms with van der Waals surface area (Å²) in [6.45, 7) is 10.4. The molecule has 0 bridgehead atoms. The number of likely N-dealkylation sites (tertiary alicyclic amines) is 1. The Labute approximate surface area is 82.5 Å². The van der Waals surface area contributed by atoms with Crippen LogP contribution in [0.2, 0.25) is 0 Å². The second-order valence-corrected chi connectivity index (χ2v) is 5.16. The summed E-state index contributed by atoms with van der Waals surface area (Å²) >= 11 is 0. The van der Waals surface area contributed by atoms with E-state index in [0.717, 1.165) is 13.0 Å². The molecule has 1 atom stereocenters. The maximum atomic E-state index is 5.58. The lowest BCUT2D eigenvalue weighted by molar-refractivity contribution is 0.0822. The summed E-state index contributed by atoms with van der Waals surface area (Å²) < 4.78 is 0. The second kappa shape index (κ2) is 4.43. The van der Waals surface area contributed by atoms with Crippen LogP contribution in [0.25, 0.3) is 0 Å². The standard InChI is InChI=1S/C11H24N2/c1-10(5-7-12)13-8-4-6-11(2,3)9-13/h10H,4-9,12H2,1-3H3. The van der Waals surface area contributed by atoms with Gasteiger partial charge in [-0.25, -0.2) is 0 Å². The molecule has 0 aromatic rings. The van der Waals surface area contributed by atoms with E-state index in [1.807, 2.05) is 0 Å². The Morgan fingerprint density at radius 3 is 2.69 bits per heavy atom. The maximum Gasteiger partial charge on any atom is 0.00791 e. The molecule has 0 aliphatic carbocycles. The maximum absolute atomic E-state index is 5.58. The first-order valence-corrected chi connectivity index (χ1v) is 5.49. The normalized spacial score (nSPS) is 25.8. The van der Waals surface area contributed by atoms with Crippen molar-refractivity contribution in [1.29, 1.82) is 0 Å². The van der Waals surface area contributed by atoms with Crippen LogP contribution < -0.4 is 5.73 Å². The first kappa shape index (κ1) is 11.0. The molecule has 1 aliphatic rings. The number of hydrogen-bond acceptors (Lipinski definition) is 2. The monoisotopic (exact) mass is 184 g/mol. The predicted molar refractivity (Wildman–Crippen MR) is 57.7 cm³/mol. The van der Waals surface area contributed by atoms with Crippen LogP contribution >= 0.6 is 0 Å². The number of rotatable bonds is 3. The molecule has 0 amide bonds. The Balaban J connectivity index is 2.42. The minimum atomic E-state index is 0.515. The van der Waals surface area contributed by atoms with Crippen molar-refractivity contribution in [2.45, 2.75) is 46.1 Å². The van der Waals surface area contributed by atoms with E-state index in [4.69, 9.17) is 5.73 Å². The predicted octanol–water partition coefficient (Wildman–Crippen LogP) is 1.85. The Morgan fingerprint density at radius 1 is 1.46 bits per heavy atom. The molecule has 1 unspecified atom stereocenters. The summed E-state index contributed by atoms with van der Waals surface area (Å²) in [7, 11) is 0. The van der Waals surface area contributed by atoms with Crippen molar-refractivity contribution in [3.05, 3.63) is 0 Å². The van der Waals surface area contributed by atoms with E-state index in [-0.39, 0.29) is 0 Å². The molecule has 1 rings (SSSR count). The van der Waals surface area contributed by atoms with Crippen molar-refractivity contribution in [2.24, 2.45) is 11.1 Å². The average Bonchev–Trinajstić information content (AvgIpc) is 2.03.